The van der Waals surface area contributed by atoms with E-state index in [1.54, 1.807) is 0 Å². The fourth-order valence-corrected chi connectivity index (χ4v) is 1.99. The molecule has 2 N–H and O–H groups in total. The second kappa shape index (κ2) is 3.63. The maximum Gasteiger partial charge on any atom is 0.317 e. The molecule has 1 saturated carbocycles. The Balaban J connectivity index is 2.35. The van der Waals surface area contributed by atoms with Crippen molar-refractivity contribution in [2.75, 3.05) is 0 Å². The Morgan fingerprint density at radius 2 is 1.94 bits per heavy atom. The van der Waals surface area contributed by atoms with E-state index >= 15 is 0 Å². The minimum absolute atomic E-state index is 0.0225. The Kier molecular flexibility index (Phi) is 2.42. The van der Waals surface area contributed by atoms with Crippen LogP contribution in [-0.4, -0.2) is 22.0 Å². The first-order chi connectivity index (χ1) is 7.56. The van der Waals surface area contributed by atoms with Gasteiger partial charge in [-0.05, 0) is 25.0 Å². The van der Waals surface area contributed by atoms with Crippen LogP contribution in [0.3, 0.4) is 0 Å². The van der Waals surface area contributed by atoms with Gasteiger partial charge >= 0.3 is 5.97 Å². The van der Waals surface area contributed by atoms with Gasteiger partial charge in [-0.3, -0.25) is 9.59 Å². The molecule has 16 heavy (non-hydrogen) atoms. The summed E-state index contributed by atoms with van der Waals surface area (Å²) in [7, 11) is 0. The van der Waals surface area contributed by atoms with Crippen LogP contribution in [0.2, 0.25) is 0 Å². The third-order valence-corrected chi connectivity index (χ3v) is 3.16. The summed E-state index contributed by atoms with van der Waals surface area (Å²) in [6.07, 6.45) is 1.53. The molecule has 0 heterocycles. The van der Waals surface area contributed by atoms with E-state index in [0.717, 1.165) is 6.42 Å². The minimum Gasteiger partial charge on any atom is -0.508 e. The molecular weight excluding hydrogens is 208 g/mol. The molecule has 4 heteroatoms. The Morgan fingerprint density at radius 3 is 2.38 bits per heavy atom. The molecule has 1 fully saturated rings. The Bertz CT molecular complexity index is 446. The van der Waals surface area contributed by atoms with Gasteiger partial charge < -0.3 is 10.2 Å². The van der Waals surface area contributed by atoms with Crippen LogP contribution < -0.4 is 0 Å². The predicted molar refractivity (Wildman–Crippen MR) is 56.4 cm³/mol. The van der Waals surface area contributed by atoms with Crippen LogP contribution in [-0.2, 0) is 4.79 Å². The lowest BCUT2D eigenvalue weighted by Gasteiger charge is -2.35. The lowest BCUT2D eigenvalue weighted by atomic mass is 9.64. The van der Waals surface area contributed by atoms with Gasteiger partial charge in [0.15, 0.2) is 5.78 Å². The van der Waals surface area contributed by atoms with Crippen molar-refractivity contribution in [3.8, 4) is 5.75 Å². The monoisotopic (exact) mass is 220 g/mol. The number of carbonyl (C=O) groups excluding carboxylic acids is 1. The van der Waals surface area contributed by atoms with Crippen LogP contribution in [0.1, 0.15) is 29.6 Å². The summed E-state index contributed by atoms with van der Waals surface area (Å²) in [6.45, 7) is 0. The average Bonchev–Trinajstić information content (AvgIpc) is 2.15. The first-order valence-electron chi connectivity index (χ1n) is 5.13. The maximum absolute atomic E-state index is 12.1. The second-order valence-electron chi connectivity index (χ2n) is 4.12. The van der Waals surface area contributed by atoms with Gasteiger partial charge in [-0.2, -0.15) is 0 Å². The molecule has 84 valence electrons. The number of rotatable bonds is 3. The predicted octanol–water partition coefficient (Wildman–Crippen LogP) is 1.83. The smallest absolute Gasteiger partial charge is 0.317 e. The molecule has 0 saturated heterocycles. The highest BCUT2D eigenvalue weighted by molar-refractivity contribution is 6.12. The summed E-state index contributed by atoms with van der Waals surface area (Å²) in [5.74, 6) is -1.49. The first-order valence-corrected chi connectivity index (χ1v) is 5.13. The minimum atomic E-state index is -1.26. The van der Waals surface area contributed by atoms with Gasteiger partial charge in [0.1, 0.15) is 11.2 Å². The van der Waals surface area contributed by atoms with E-state index in [2.05, 4.69) is 0 Å². The molecule has 1 aliphatic rings. The van der Waals surface area contributed by atoms with E-state index in [4.69, 9.17) is 5.11 Å². The standard InChI is InChI=1S/C12H12O4/c13-9-4-1-3-8(7-9)10(14)12(11(15)16)5-2-6-12/h1,3-4,7,13H,2,5-6H2,(H,15,16). The maximum atomic E-state index is 12.1. The molecule has 4 nitrogen and oxygen atoms in total. The molecule has 0 radical (unpaired) electrons. The van der Waals surface area contributed by atoms with Crippen molar-refractivity contribution in [2.24, 2.45) is 5.41 Å². The van der Waals surface area contributed by atoms with Crippen LogP contribution in [0.15, 0.2) is 24.3 Å². The van der Waals surface area contributed by atoms with E-state index in [-0.39, 0.29) is 11.3 Å². The number of Topliss-reactive ketones (excluding diaryl/α,β-unsaturated/α-hetero) is 1. The van der Waals surface area contributed by atoms with Crippen LogP contribution in [0.4, 0.5) is 0 Å². The number of ketones is 1. The van der Waals surface area contributed by atoms with E-state index < -0.39 is 17.2 Å². The number of carboxylic acid groups (broad SMARTS) is 1. The van der Waals surface area contributed by atoms with Gasteiger partial charge in [0, 0.05) is 5.56 Å². The van der Waals surface area contributed by atoms with Crippen molar-refractivity contribution in [1.29, 1.82) is 0 Å². The molecule has 0 amide bonds. The van der Waals surface area contributed by atoms with Crippen molar-refractivity contribution in [1.82, 2.24) is 0 Å². The van der Waals surface area contributed by atoms with Gasteiger partial charge in [0.2, 0.25) is 0 Å². The highest BCUT2D eigenvalue weighted by Crippen LogP contribution is 2.44. The number of hydrogen-bond acceptors (Lipinski definition) is 3. The molecule has 0 bridgehead atoms. The van der Waals surface area contributed by atoms with E-state index in [1.807, 2.05) is 0 Å². The number of carboxylic acids is 1. The number of phenolic OH excluding ortho intramolecular Hbond substituents is 1. The number of aromatic hydroxyl groups is 1. The molecule has 0 aliphatic heterocycles. The highest BCUT2D eigenvalue weighted by atomic mass is 16.4. The fraction of sp³-hybridized carbons (Fsp3) is 0.333. The van der Waals surface area contributed by atoms with Crippen molar-refractivity contribution in [3.63, 3.8) is 0 Å². The van der Waals surface area contributed by atoms with Crippen molar-refractivity contribution in [3.05, 3.63) is 29.8 Å². The summed E-state index contributed by atoms with van der Waals surface area (Å²) in [5.41, 5.74) is -0.990. The molecule has 0 aromatic heterocycles. The largest absolute Gasteiger partial charge is 0.508 e. The lowest BCUT2D eigenvalue weighted by Crippen LogP contribution is -2.45. The zero-order chi connectivity index (χ0) is 11.8. The molecule has 1 aromatic rings. The van der Waals surface area contributed by atoms with E-state index in [9.17, 15) is 14.7 Å². The Labute approximate surface area is 92.5 Å². The van der Waals surface area contributed by atoms with Gasteiger partial charge in [-0.1, -0.05) is 18.6 Å². The summed E-state index contributed by atoms with van der Waals surface area (Å²) >= 11 is 0. The van der Waals surface area contributed by atoms with Crippen LogP contribution >= 0.6 is 0 Å². The topological polar surface area (TPSA) is 74.6 Å². The molecule has 1 aromatic carbocycles. The number of hydrogen-bond donors (Lipinski definition) is 2. The van der Waals surface area contributed by atoms with Gasteiger partial charge in [0.25, 0.3) is 0 Å². The van der Waals surface area contributed by atoms with Gasteiger partial charge in [0.05, 0.1) is 0 Å². The number of aliphatic carboxylic acids is 1. The van der Waals surface area contributed by atoms with Crippen molar-refractivity contribution in [2.45, 2.75) is 19.3 Å². The quantitative estimate of drug-likeness (QED) is 0.602. The summed E-state index contributed by atoms with van der Waals surface area (Å²) in [4.78, 5) is 23.2. The fourth-order valence-electron chi connectivity index (χ4n) is 1.99. The third kappa shape index (κ3) is 1.46. The average molecular weight is 220 g/mol. The van der Waals surface area contributed by atoms with E-state index in [1.165, 1.54) is 24.3 Å². The van der Waals surface area contributed by atoms with Gasteiger partial charge in [-0.15, -0.1) is 0 Å². The number of benzene rings is 1. The zero-order valence-corrected chi connectivity index (χ0v) is 8.64. The number of phenols is 1. The molecule has 0 spiro atoms. The molecule has 0 unspecified atom stereocenters. The molecule has 2 rings (SSSR count). The summed E-state index contributed by atoms with van der Waals surface area (Å²) < 4.78 is 0. The Hall–Kier alpha value is -1.84. The van der Waals surface area contributed by atoms with Gasteiger partial charge in [-0.25, -0.2) is 0 Å². The second-order valence-corrected chi connectivity index (χ2v) is 4.12. The highest BCUT2D eigenvalue weighted by Gasteiger charge is 2.51. The van der Waals surface area contributed by atoms with E-state index in [0.29, 0.717) is 12.8 Å². The lowest BCUT2D eigenvalue weighted by molar-refractivity contribution is -0.150. The normalized spacial score (nSPS) is 17.5. The van der Waals surface area contributed by atoms with Crippen LogP contribution in [0.25, 0.3) is 0 Å². The third-order valence-electron chi connectivity index (χ3n) is 3.16. The van der Waals surface area contributed by atoms with Crippen molar-refractivity contribution < 1.29 is 19.8 Å². The van der Waals surface area contributed by atoms with Crippen molar-refractivity contribution >= 4 is 11.8 Å². The molecular formula is C12H12O4. The molecule has 0 atom stereocenters. The number of carbonyl (C=O) groups is 2. The SMILES string of the molecule is O=C(O)C1(C(=O)c2cccc(O)c2)CCC1. The summed E-state index contributed by atoms with van der Waals surface area (Å²) in [5, 5.41) is 18.4. The van der Waals surface area contributed by atoms with Crippen LogP contribution in [0.5, 0.6) is 5.75 Å². The van der Waals surface area contributed by atoms with Crippen LogP contribution in [0, 0.1) is 5.41 Å². The summed E-state index contributed by atoms with van der Waals surface area (Å²) in [6, 6.07) is 5.83. The Morgan fingerprint density at radius 1 is 1.25 bits per heavy atom. The first kappa shape index (κ1) is 10.7. The zero-order valence-electron chi connectivity index (χ0n) is 8.64. The molecule has 1 aliphatic carbocycles.